The summed E-state index contributed by atoms with van der Waals surface area (Å²) in [6, 6.07) is 13.2. The van der Waals surface area contributed by atoms with Gasteiger partial charge in [0, 0.05) is 9.50 Å². The van der Waals surface area contributed by atoms with E-state index in [1.165, 1.54) is 36.4 Å². The Labute approximate surface area is 168 Å². The third-order valence-corrected chi connectivity index (χ3v) is 6.09. The van der Waals surface area contributed by atoms with Crippen LogP contribution in [0.2, 0.25) is 10.0 Å². The van der Waals surface area contributed by atoms with Gasteiger partial charge in [-0.1, -0.05) is 39.1 Å². The van der Waals surface area contributed by atoms with Crippen LogP contribution in [0.5, 0.6) is 0 Å². The zero-order chi connectivity index (χ0) is 18.9. The number of amides is 1. The van der Waals surface area contributed by atoms with Crippen molar-refractivity contribution in [2.24, 2.45) is 0 Å². The lowest BCUT2D eigenvalue weighted by Crippen LogP contribution is -2.11. The minimum Gasteiger partial charge on any atom is -0.439 e. The molecule has 0 spiro atoms. The summed E-state index contributed by atoms with van der Waals surface area (Å²) in [7, 11) is -3.87. The molecule has 134 valence electrons. The molecule has 0 aliphatic carbocycles. The third-order valence-electron chi connectivity index (χ3n) is 3.37. The van der Waals surface area contributed by atoms with E-state index in [9.17, 15) is 13.2 Å². The maximum Gasteiger partial charge on any atom is 0.291 e. The van der Waals surface area contributed by atoms with Crippen molar-refractivity contribution >= 4 is 60.6 Å². The van der Waals surface area contributed by atoms with Crippen molar-refractivity contribution in [2.45, 2.75) is 9.99 Å². The first-order chi connectivity index (χ1) is 12.3. The predicted molar refractivity (Wildman–Crippen MR) is 103 cm³/mol. The second kappa shape index (κ2) is 7.44. The molecule has 0 aliphatic heterocycles. The summed E-state index contributed by atoms with van der Waals surface area (Å²) in [5.74, 6) is -0.793. The zero-order valence-electron chi connectivity index (χ0n) is 12.9. The van der Waals surface area contributed by atoms with Crippen LogP contribution < -0.4 is 5.32 Å². The average molecular weight is 475 g/mol. The molecule has 0 saturated carbocycles. The fraction of sp³-hybridized carbons (Fsp3) is 0. The van der Waals surface area contributed by atoms with Gasteiger partial charge in [-0.15, -0.1) is 0 Å². The molecule has 0 radical (unpaired) electrons. The van der Waals surface area contributed by atoms with E-state index in [4.69, 9.17) is 27.6 Å². The van der Waals surface area contributed by atoms with Crippen LogP contribution in [0.4, 0.5) is 5.69 Å². The Morgan fingerprint density at radius 2 is 1.69 bits per heavy atom. The molecule has 3 aromatic rings. The van der Waals surface area contributed by atoms with E-state index in [-0.39, 0.29) is 20.8 Å². The number of furan rings is 1. The van der Waals surface area contributed by atoms with Gasteiger partial charge in [0.2, 0.25) is 14.9 Å². The Bertz CT molecular complexity index is 1080. The largest absolute Gasteiger partial charge is 0.439 e. The number of anilines is 1. The number of hydrogen-bond acceptors (Lipinski definition) is 4. The number of halogens is 3. The maximum absolute atomic E-state index is 12.6. The lowest BCUT2D eigenvalue weighted by molar-refractivity contribution is 0.0991. The second-order valence-electron chi connectivity index (χ2n) is 5.15. The van der Waals surface area contributed by atoms with Crippen molar-refractivity contribution in [3.63, 3.8) is 0 Å². The summed E-state index contributed by atoms with van der Waals surface area (Å²) in [5.41, 5.74) is 0.329. The smallest absolute Gasteiger partial charge is 0.291 e. The van der Waals surface area contributed by atoms with E-state index in [0.29, 0.717) is 10.7 Å². The van der Waals surface area contributed by atoms with Gasteiger partial charge in [-0.05, 0) is 54.6 Å². The van der Waals surface area contributed by atoms with E-state index < -0.39 is 15.7 Å². The molecular weight excluding hydrogens is 465 g/mol. The first kappa shape index (κ1) is 19.0. The molecule has 0 bridgehead atoms. The Morgan fingerprint density at radius 3 is 2.35 bits per heavy atom. The van der Waals surface area contributed by atoms with E-state index in [1.807, 2.05) is 0 Å². The highest BCUT2D eigenvalue weighted by Gasteiger charge is 2.23. The van der Waals surface area contributed by atoms with Crippen LogP contribution >= 0.6 is 39.1 Å². The molecule has 0 saturated heterocycles. The Morgan fingerprint density at radius 1 is 1.00 bits per heavy atom. The summed E-state index contributed by atoms with van der Waals surface area (Å²) in [6.07, 6.45) is 0. The minimum atomic E-state index is -3.87. The molecular formula is C17H10BrCl2NO4S. The molecule has 0 atom stereocenters. The molecule has 1 heterocycles. The maximum atomic E-state index is 12.6. The third kappa shape index (κ3) is 3.96. The summed E-state index contributed by atoms with van der Waals surface area (Å²) in [5, 5.41) is 2.89. The standard InChI is InChI=1S/C17H10BrCl2NO4S/c18-10-1-4-12(5-2-10)26(23,24)16-8-7-15(25-16)17(22)21-14-6-3-11(19)9-13(14)20/h1-9H,(H,21,22). The van der Waals surface area contributed by atoms with Crippen LogP contribution in [-0.2, 0) is 9.84 Å². The molecule has 5 nitrogen and oxygen atoms in total. The lowest BCUT2D eigenvalue weighted by atomic mass is 10.3. The topological polar surface area (TPSA) is 76.4 Å². The molecule has 9 heteroatoms. The summed E-state index contributed by atoms with van der Waals surface area (Å²) in [4.78, 5) is 12.3. The van der Waals surface area contributed by atoms with Crippen molar-refractivity contribution in [1.29, 1.82) is 0 Å². The Balaban J connectivity index is 1.85. The fourth-order valence-corrected chi connectivity index (χ4v) is 3.98. The van der Waals surface area contributed by atoms with Gasteiger partial charge in [-0.3, -0.25) is 4.79 Å². The van der Waals surface area contributed by atoms with Crippen LogP contribution in [0.3, 0.4) is 0 Å². The minimum absolute atomic E-state index is 0.0581. The number of carbonyl (C=O) groups is 1. The highest BCUT2D eigenvalue weighted by atomic mass is 79.9. The molecule has 1 N–H and O–H groups in total. The van der Waals surface area contributed by atoms with Crippen molar-refractivity contribution in [3.05, 3.63) is 74.9 Å². The van der Waals surface area contributed by atoms with Gasteiger partial charge in [0.05, 0.1) is 15.6 Å². The first-order valence-corrected chi connectivity index (χ1v) is 10.2. The summed E-state index contributed by atoms with van der Waals surface area (Å²) in [6.45, 7) is 0. The Kier molecular flexibility index (Phi) is 5.43. The van der Waals surface area contributed by atoms with Crippen LogP contribution in [0.25, 0.3) is 0 Å². The SMILES string of the molecule is O=C(Nc1ccc(Cl)cc1Cl)c1ccc(S(=O)(=O)c2ccc(Br)cc2)o1. The van der Waals surface area contributed by atoms with Crippen molar-refractivity contribution in [2.75, 3.05) is 5.32 Å². The lowest BCUT2D eigenvalue weighted by Gasteiger charge is -2.06. The molecule has 0 fully saturated rings. The van der Waals surface area contributed by atoms with Crippen LogP contribution in [0, 0.1) is 0 Å². The van der Waals surface area contributed by atoms with Gasteiger partial charge in [-0.25, -0.2) is 8.42 Å². The Hall–Kier alpha value is -1.80. The molecule has 2 aromatic carbocycles. The number of rotatable bonds is 4. The van der Waals surface area contributed by atoms with Crippen LogP contribution in [0.1, 0.15) is 10.6 Å². The fourth-order valence-electron chi connectivity index (χ4n) is 2.09. The average Bonchev–Trinajstić information content (AvgIpc) is 3.09. The van der Waals surface area contributed by atoms with Gasteiger partial charge in [0.1, 0.15) is 0 Å². The number of nitrogens with one attached hydrogen (secondary N) is 1. The van der Waals surface area contributed by atoms with E-state index in [1.54, 1.807) is 18.2 Å². The van der Waals surface area contributed by atoms with Gasteiger partial charge in [0.15, 0.2) is 5.76 Å². The highest BCUT2D eigenvalue weighted by molar-refractivity contribution is 9.10. The second-order valence-corrected chi connectivity index (χ2v) is 8.79. The quantitative estimate of drug-likeness (QED) is 0.546. The normalized spacial score (nSPS) is 11.3. The van der Waals surface area contributed by atoms with Gasteiger partial charge in [0.25, 0.3) is 5.91 Å². The first-order valence-electron chi connectivity index (χ1n) is 7.14. The van der Waals surface area contributed by atoms with Crippen molar-refractivity contribution in [3.8, 4) is 0 Å². The predicted octanol–water partition coefficient (Wildman–Crippen LogP) is 5.43. The van der Waals surface area contributed by atoms with E-state index in [2.05, 4.69) is 21.2 Å². The van der Waals surface area contributed by atoms with E-state index in [0.717, 1.165) is 4.47 Å². The number of benzene rings is 2. The van der Waals surface area contributed by atoms with Crippen molar-refractivity contribution in [1.82, 2.24) is 0 Å². The number of hydrogen-bond donors (Lipinski definition) is 1. The molecule has 26 heavy (non-hydrogen) atoms. The van der Waals surface area contributed by atoms with Crippen molar-refractivity contribution < 1.29 is 17.6 Å². The van der Waals surface area contributed by atoms with Crippen LogP contribution in [0.15, 0.2) is 73.5 Å². The van der Waals surface area contributed by atoms with Crippen LogP contribution in [-0.4, -0.2) is 14.3 Å². The van der Waals surface area contributed by atoms with Gasteiger partial charge >= 0.3 is 0 Å². The van der Waals surface area contributed by atoms with Gasteiger partial charge < -0.3 is 9.73 Å². The molecule has 0 aliphatic rings. The molecule has 0 unspecified atom stereocenters. The van der Waals surface area contributed by atoms with E-state index >= 15 is 0 Å². The molecule has 3 rings (SSSR count). The monoisotopic (exact) mass is 473 g/mol. The molecule has 1 amide bonds. The summed E-state index contributed by atoms with van der Waals surface area (Å²) >= 11 is 15.1. The zero-order valence-corrected chi connectivity index (χ0v) is 16.8. The summed E-state index contributed by atoms with van der Waals surface area (Å²) < 4.78 is 31.1. The molecule has 1 aromatic heterocycles. The number of sulfone groups is 1. The van der Waals surface area contributed by atoms with Gasteiger partial charge in [-0.2, -0.15) is 0 Å². The number of carbonyl (C=O) groups excluding carboxylic acids is 1. The highest BCUT2D eigenvalue weighted by Crippen LogP contribution is 2.27.